The second-order valence-corrected chi connectivity index (χ2v) is 8.82. The van der Waals surface area contributed by atoms with Gasteiger partial charge in [-0.25, -0.2) is 0 Å². The highest BCUT2D eigenvalue weighted by atomic mass is 16.5. The molecule has 0 amide bonds. The predicted octanol–water partition coefficient (Wildman–Crippen LogP) is 4.93. The van der Waals surface area contributed by atoms with Crippen molar-refractivity contribution >= 4 is 16.9 Å². The lowest BCUT2D eigenvalue weighted by Crippen LogP contribution is -2.35. The van der Waals surface area contributed by atoms with Crippen molar-refractivity contribution in [3.8, 4) is 5.75 Å². The fourth-order valence-corrected chi connectivity index (χ4v) is 4.06. The molecule has 3 N–H and O–H groups in total. The van der Waals surface area contributed by atoms with Gasteiger partial charge in [-0.15, -0.1) is 0 Å². The van der Waals surface area contributed by atoms with Gasteiger partial charge in [-0.2, -0.15) is 0 Å². The number of pyridine rings is 1. The zero-order valence-electron chi connectivity index (χ0n) is 19.9. The quantitative estimate of drug-likeness (QED) is 0.324. The van der Waals surface area contributed by atoms with Crippen molar-refractivity contribution in [2.45, 2.75) is 39.1 Å². The average Bonchev–Trinajstić information content (AvgIpc) is 2.86. The molecule has 6 nitrogen and oxygen atoms in total. The van der Waals surface area contributed by atoms with E-state index < -0.39 is 12.0 Å². The molecule has 1 atom stereocenters. The number of nitrogens with two attached hydrogens (primary N) is 1. The summed E-state index contributed by atoms with van der Waals surface area (Å²) in [5.41, 5.74) is 11.0. The minimum Gasteiger partial charge on any atom is -0.489 e. The first-order valence-corrected chi connectivity index (χ1v) is 11.8. The van der Waals surface area contributed by atoms with Crippen molar-refractivity contribution in [2.24, 2.45) is 5.73 Å². The smallest absolute Gasteiger partial charge is 0.320 e. The second-order valence-electron chi connectivity index (χ2n) is 8.82. The first kappa shape index (κ1) is 24.4. The van der Waals surface area contributed by atoms with Gasteiger partial charge in [0.05, 0.1) is 11.2 Å². The summed E-state index contributed by atoms with van der Waals surface area (Å²) < 4.78 is 6.19. The van der Waals surface area contributed by atoms with E-state index in [1.807, 2.05) is 60.7 Å². The first-order chi connectivity index (χ1) is 17.0. The maximum atomic E-state index is 11.3. The van der Waals surface area contributed by atoms with Crippen molar-refractivity contribution in [1.29, 1.82) is 0 Å². The molecule has 0 spiro atoms. The molecule has 0 saturated carbocycles. The van der Waals surface area contributed by atoms with Crippen LogP contribution in [-0.2, 0) is 24.5 Å². The molecule has 0 aliphatic heterocycles. The number of aliphatic carboxylic acids is 1. The summed E-state index contributed by atoms with van der Waals surface area (Å²) in [5.74, 6) is -0.177. The van der Waals surface area contributed by atoms with Crippen LogP contribution in [0.15, 0.2) is 84.9 Å². The van der Waals surface area contributed by atoms with Gasteiger partial charge in [-0.1, -0.05) is 72.3 Å². The molecule has 0 bridgehead atoms. The predicted molar refractivity (Wildman–Crippen MR) is 138 cm³/mol. The van der Waals surface area contributed by atoms with E-state index in [0.29, 0.717) is 32.7 Å². The first-order valence-electron chi connectivity index (χ1n) is 11.8. The summed E-state index contributed by atoms with van der Waals surface area (Å²) in [4.78, 5) is 18.3. The van der Waals surface area contributed by atoms with E-state index in [0.717, 1.165) is 33.5 Å². The third-order valence-corrected chi connectivity index (χ3v) is 5.96. The Balaban J connectivity index is 1.52. The van der Waals surface area contributed by atoms with Gasteiger partial charge in [0.15, 0.2) is 0 Å². The van der Waals surface area contributed by atoms with E-state index in [9.17, 15) is 9.90 Å². The van der Waals surface area contributed by atoms with Crippen LogP contribution in [0.4, 0.5) is 0 Å². The number of benzene rings is 3. The number of aryl methyl sites for hydroxylation is 1. The summed E-state index contributed by atoms with van der Waals surface area (Å²) >= 11 is 0. The lowest BCUT2D eigenvalue weighted by atomic mass is 10.1. The molecule has 1 unspecified atom stereocenters. The van der Waals surface area contributed by atoms with Crippen LogP contribution < -0.4 is 10.5 Å². The number of hydrogen-bond acceptors (Lipinski definition) is 5. The highest BCUT2D eigenvalue weighted by molar-refractivity contribution is 5.78. The Morgan fingerprint density at radius 3 is 2.63 bits per heavy atom. The summed E-state index contributed by atoms with van der Waals surface area (Å²) in [6.07, 6.45) is 0.342. The molecule has 4 aromatic rings. The number of hydrogen-bond donors (Lipinski definition) is 2. The van der Waals surface area contributed by atoms with E-state index >= 15 is 0 Å². The molecule has 4 rings (SSSR count). The fourth-order valence-electron chi connectivity index (χ4n) is 4.06. The SMILES string of the molecule is Cc1cccc(COc2ccccc2CN(CCC(N)C(=O)O)Cc2ccc3ccccc3n2)c1. The molecule has 180 valence electrons. The highest BCUT2D eigenvalue weighted by Crippen LogP contribution is 2.23. The van der Waals surface area contributed by atoms with E-state index in [1.165, 1.54) is 5.56 Å². The van der Waals surface area contributed by atoms with Crippen LogP contribution in [0.5, 0.6) is 5.75 Å². The number of carboxylic acids is 1. The molecule has 0 fully saturated rings. The Morgan fingerprint density at radius 2 is 1.80 bits per heavy atom. The van der Waals surface area contributed by atoms with Gasteiger partial charge in [0, 0.05) is 30.6 Å². The minimum atomic E-state index is -0.990. The number of nitrogens with zero attached hydrogens (tertiary/aromatic N) is 2. The fraction of sp³-hybridized carbons (Fsp3) is 0.241. The Bertz CT molecular complexity index is 1290. The van der Waals surface area contributed by atoms with Crippen LogP contribution in [0, 0.1) is 6.92 Å². The average molecular weight is 470 g/mol. The number of fused-ring (bicyclic) bond motifs is 1. The van der Waals surface area contributed by atoms with Crippen LogP contribution in [0.1, 0.15) is 28.8 Å². The van der Waals surface area contributed by atoms with Crippen LogP contribution >= 0.6 is 0 Å². The molecule has 3 aromatic carbocycles. The molecule has 6 heteroatoms. The Morgan fingerprint density at radius 1 is 1.00 bits per heavy atom. The minimum absolute atomic E-state index is 0.342. The van der Waals surface area contributed by atoms with Crippen LogP contribution in [0.3, 0.4) is 0 Å². The van der Waals surface area contributed by atoms with Crippen molar-refractivity contribution < 1.29 is 14.6 Å². The lowest BCUT2D eigenvalue weighted by molar-refractivity contribution is -0.138. The second kappa shape index (κ2) is 11.6. The largest absolute Gasteiger partial charge is 0.489 e. The lowest BCUT2D eigenvalue weighted by Gasteiger charge is -2.24. The van der Waals surface area contributed by atoms with Gasteiger partial charge in [0.25, 0.3) is 0 Å². The topological polar surface area (TPSA) is 88.7 Å². The van der Waals surface area contributed by atoms with Crippen LogP contribution in [0.2, 0.25) is 0 Å². The summed E-state index contributed by atoms with van der Waals surface area (Å²) in [7, 11) is 0. The zero-order chi connectivity index (χ0) is 24.6. The van der Waals surface area contributed by atoms with Gasteiger partial charge in [-0.05, 0) is 37.1 Å². The van der Waals surface area contributed by atoms with E-state index in [-0.39, 0.29) is 0 Å². The van der Waals surface area contributed by atoms with Gasteiger partial charge < -0.3 is 15.6 Å². The van der Waals surface area contributed by atoms with Crippen LogP contribution in [0.25, 0.3) is 10.9 Å². The zero-order valence-corrected chi connectivity index (χ0v) is 19.9. The van der Waals surface area contributed by atoms with Gasteiger partial charge in [0.1, 0.15) is 18.4 Å². The van der Waals surface area contributed by atoms with E-state index in [2.05, 4.69) is 36.1 Å². The third kappa shape index (κ3) is 6.88. The third-order valence-electron chi connectivity index (χ3n) is 5.96. The van der Waals surface area contributed by atoms with Crippen molar-refractivity contribution in [3.63, 3.8) is 0 Å². The van der Waals surface area contributed by atoms with Crippen molar-refractivity contribution in [3.05, 3.63) is 107 Å². The maximum Gasteiger partial charge on any atom is 0.320 e. The Kier molecular flexibility index (Phi) is 8.08. The molecule has 0 radical (unpaired) electrons. The van der Waals surface area contributed by atoms with Crippen LogP contribution in [-0.4, -0.2) is 33.5 Å². The highest BCUT2D eigenvalue weighted by Gasteiger charge is 2.17. The molecule has 0 saturated heterocycles. The van der Waals surface area contributed by atoms with Gasteiger partial charge in [0.2, 0.25) is 0 Å². The van der Waals surface area contributed by atoms with Gasteiger partial charge >= 0.3 is 5.97 Å². The summed E-state index contributed by atoms with van der Waals surface area (Å²) in [5, 5.41) is 10.3. The monoisotopic (exact) mass is 469 g/mol. The number of ether oxygens (including phenoxy) is 1. The van der Waals surface area contributed by atoms with Crippen molar-refractivity contribution in [1.82, 2.24) is 9.88 Å². The molecule has 1 aromatic heterocycles. The number of aromatic nitrogens is 1. The Labute approximate surface area is 206 Å². The summed E-state index contributed by atoms with van der Waals surface area (Å²) in [6.45, 7) is 4.23. The standard InChI is InChI=1S/C29H31N3O3/c1-21-7-6-8-22(17-21)20-35-28-12-5-3-10-24(28)18-32(16-15-26(30)29(33)34)19-25-14-13-23-9-2-4-11-27(23)31-25/h2-14,17,26H,15-16,18-20,30H2,1H3,(H,33,34). The summed E-state index contributed by atoms with van der Waals surface area (Å²) in [6, 6.07) is 27.4. The van der Waals surface area contributed by atoms with E-state index in [4.69, 9.17) is 15.5 Å². The maximum absolute atomic E-state index is 11.3. The number of para-hydroxylation sites is 2. The molecule has 1 heterocycles. The van der Waals surface area contributed by atoms with E-state index in [1.54, 1.807) is 0 Å². The molecule has 0 aliphatic rings. The number of rotatable bonds is 11. The number of carbonyl (C=O) groups is 1. The van der Waals surface area contributed by atoms with Crippen molar-refractivity contribution in [2.75, 3.05) is 6.54 Å². The molecular formula is C29H31N3O3. The normalized spacial score (nSPS) is 12.1. The molecule has 0 aliphatic carbocycles. The molecular weight excluding hydrogens is 438 g/mol. The number of carboxylic acid groups (broad SMARTS) is 1. The Hall–Kier alpha value is -3.74. The van der Waals surface area contributed by atoms with Gasteiger partial charge in [-0.3, -0.25) is 14.7 Å². The molecule has 35 heavy (non-hydrogen) atoms.